The number of halogens is 1. The lowest BCUT2D eigenvalue weighted by Gasteiger charge is -2.09. The summed E-state index contributed by atoms with van der Waals surface area (Å²) in [5, 5.41) is 11.2. The third-order valence-electron chi connectivity index (χ3n) is 4.10. The summed E-state index contributed by atoms with van der Waals surface area (Å²) in [4.78, 5) is 34.9. The van der Waals surface area contributed by atoms with E-state index in [2.05, 4.69) is 0 Å². The molecule has 0 aliphatic carbocycles. The van der Waals surface area contributed by atoms with Crippen LogP contribution in [0.3, 0.4) is 0 Å². The van der Waals surface area contributed by atoms with Gasteiger partial charge in [0.15, 0.2) is 6.61 Å². The number of carbonyl (C=O) groups is 2. The smallest absolute Gasteiger partial charge is 0.345 e. The van der Waals surface area contributed by atoms with Gasteiger partial charge >= 0.3 is 5.97 Å². The number of rotatable bonds is 8. The highest BCUT2D eigenvalue weighted by molar-refractivity contribution is 6.31. The van der Waals surface area contributed by atoms with Crippen molar-refractivity contribution in [2.45, 2.75) is 20.4 Å². The number of nitro benzene ring substituents is 1. The Morgan fingerprint density at radius 2 is 1.93 bits per heavy atom. The number of Topliss-reactive ketones (excluding diaryl/α,β-unsaturated/α-hetero) is 1. The molecule has 0 aliphatic rings. The number of benzene rings is 1. The Morgan fingerprint density at radius 1 is 1.22 bits per heavy atom. The van der Waals surface area contributed by atoms with Crippen molar-refractivity contribution in [1.82, 2.24) is 4.57 Å². The predicted molar refractivity (Wildman–Crippen MR) is 98.5 cm³/mol. The molecule has 8 nitrogen and oxygen atoms in total. The number of hydrogen-bond acceptors (Lipinski definition) is 6. The normalized spacial score (nSPS) is 10.7. The van der Waals surface area contributed by atoms with E-state index in [1.54, 1.807) is 20.1 Å². The number of aromatic nitrogens is 1. The lowest BCUT2D eigenvalue weighted by atomic mass is 10.1. The van der Waals surface area contributed by atoms with E-state index in [1.165, 1.54) is 12.1 Å². The number of aryl methyl sites for hydroxylation is 1. The zero-order chi connectivity index (χ0) is 20.1. The van der Waals surface area contributed by atoms with Gasteiger partial charge in [-0.2, -0.15) is 0 Å². The third kappa shape index (κ3) is 4.72. The Balaban J connectivity index is 2.12. The van der Waals surface area contributed by atoms with E-state index < -0.39 is 29.0 Å². The highest BCUT2D eigenvalue weighted by atomic mass is 35.5. The number of hydrogen-bond donors (Lipinski definition) is 0. The molecule has 0 aliphatic heterocycles. The molecule has 0 N–H and O–H groups in total. The molecule has 144 valence electrons. The maximum Gasteiger partial charge on any atom is 0.345 e. The molecular formula is C18H19ClN2O6. The van der Waals surface area contributed by atoms with Gasteiger partial charge in [0, 0.05) is 41.7 Å². The van der Waals surface area contributed by atoms with Crippen molar-refractivity contribution >= 4 is 29.0 Å². The molecule has 0 unspecified atom stereocenters. The fraction of sp³-hybridized carbons (Fsp3) is 0.333. The summed E-state index contributed by atoms with van der Waals surface area (Å²) < 4.78 is 12.0. The van der Waals surface area contributed by atoms with Gasteiger partial charge in [-0.1, -0.05) is 11.6 Å². The lowest BCUT2D eigenvalue weighted by Crippen LogP contribution is -2.16. The Hall–Kier alpha value is -2.71. The SMILES string of the molecule is COCCn1c(C)cc(C(=O)COC(=O)c2ccc(Cl)cc2[N+](=O)[O-])c1C. The molecule has 0 saturated carbocycles. The number of nitro groups is 1. The lowest BCUT2D eigenvalue weighted by molar-refractivity contribution is -0.385. The van der Waals surface area contributed by atoms with Gasteiger partial charge < -0.3 is 14.0 Å². The molecule has 0 radical (unpaired) electrons. The van der Waals surface area contributed by atoms with Crippen molar-refractivity contribution in [1.29, 1.82) is 0 Å². The van der Waals surface area contributed by atoms with Crippen molar-refractivity contribution in [3.63, 3.8) is 0 Å². The zero-order valence-corrected chi connectivity index (χ0v) is 15.9. The molecular weight excluding hydrogens is 376 g/mol. The number of carbonyl (C=O) groups excluding carboxylic acids is 2. The minimum atomic E-state index is -0.958. The van der Waals surface area contributed by atoms with Crippen LogP contribution in [-0.4, -0.2) is 41.6 Å². The first-order chi connectivity index (χ1) is 12.8. The second-order valence-corrected chi connectivity index (χ2v) is 6.28. The van der Waals surface area contributed by atoms with Gasteiger partial charge in [-0.3, -0.25) is 14.9 Å². The largest absolute Gasteiger partial charge is 0.454 e. The molecule has 9 heteroatoms. The number of esters is 1. The number of methoxy groups -OCH3 is 1. The fourth-order valence-electron chi connectivity index (χ4n) is 2.73. The average Bonchev–Trinajstić information content (AvgIpc) is 2.91. The summed E-state index contributed by atoms with van der Waals surface area (Å²) in [7, 11) is 1.59. The maximum absolute atomic E-state index is 12.4. The van der Waals surface area contributed by atoms with E-state index in [9.17, 15) is 19.7 Å². The standard InChI is InChI=1S/C18H19ClN2O6/c1-11-8-15(12(2)20(11)6-7-26-3)17(22)10-27-18(23)14-5-4-13(19)9-16(14)21(24)25/h4-5,8-9H,6-7,10H2,1-3H3. The van der Waals surface area contributed by atoms with Crippen molar-refractivity contribution in [3.05, 3.63) is 61.9 Å². The van der Waals surface area contributed by atoms with Crippen LogP contribution in [0.2, 0.25) is 5.02 Å². The fourth-order valence-corrected chi connectivity index (χ4v) is 2.89. The van der Waals surface area contributed by atoms with Crippen LogP contribution in [0.4, 0.5) is 5.69 Å². The topological polar surface area (TPSA) is 101 Å². The van der Waals surface area contributed by atoms with Crippen molar-refractivity contribution in [2.75, 3.05) is 20.3 Å². The van der Waals surface area contributed by atoms with E-state index >= 15 is 0 Å². The molecule has 0 amide bonds. The van der Waals surface area contributed by atoms with Crippen LogP contribution in [-0.2, 0) is 16.0 Å². The van der Waals surface area contributed by atoms with E-state index in [0.717, 1.165) is 17.5 Å². The first kappa shape index (κ1) is 20.6. The van der Waals surface area contributed by atoms with Crippen LogP contribution in [0, 0.1) is 24.0 Å². The Bertz CT molecular complexity index is 890. The van der Waals surface area contributed by atoms with Crippen molar-refractivity contribution in [3.8, 4) is 0 Å². The molecule has 1 aromatic carbocycles. The summed E-state index contributed by atoms with van der Waals surface area (Å²) in [5.74, 6) is -1.35. The summed E-state index contributed by atoms with van der Waals surface area (Å²) in [6.45, 7) is 4.23. The van der Waals surface area contributed by atoms with Crippen LogP contribution in [0.15, 0.2) is 24.3 Å². The predicted octanol–water partition coefficient (Wildman–Crippen LogP) is 3.35. The number of ether oxygens (including phenoxy) is 2. The molecule has 1 heterocycles. The quantitative estimate of drug-likeness (QED) is 0.294. The molecule has 1 aromatic heterocycles. The number of ketones is 1. The minimum absolute atomic E-state index is 0.123. The Morgan fingerprint density at radius 3 is 2.56 bits per heavy atom. The van der Waals surface area contributed by atoms with Gasteiger partial charge in [0.1, 0.15) is 5.56 Å². The van der Waals surface area contributed by atoms with Crippen LogP contribution in [0.25, 0.3) is 0 Å². The minimum Gasteiger partial charge on any atom is -0.454 e. The summed E-state index contributed by atoms with van der Waals surface area (Å²) in [5.41, 5.74) is 1.32. The molecule has 27 heavy (non-hydrogen) atoms. The molecule has 2 rings (SSSR count). The molecule has 0 atom stereocenters. The maximum atomic E-state index is 12.4. The summed E-state index contributed by atoms with van der Waals surface area (Å²) >= 11 is 5.72. The zero-order valence-electron chi connectivity index (χ0n) is 15.2. The van der Waals surface area contributed by atoms with Crippen molar-refractivity contribution < 1.29 is 24.0 Å². The first-order valence-corrected chi connectivity index (χ1v) is 8.44. The second kappa shape index (κ2) is 8.79. The van der Waals surface area contributed by atoms with E-state index in [-0.39, 0.29) is 10.6 Å². The summed E-state index contributed by atoms with van der Waals surface area (Å²) in [6, 6.07) is 5.32. The molecule has 0 fully saturated rings. The van der Waals surface area contributed by atoms with Gasteiger partial charge in [0.2, 0.25) is 5.78 Å². The first-order valence-electron chi connectivity index (χ1n) is 8.06. The number of nitrogens with zero attached hydrogens (tertiary/aromatic N) is 2. The monoisotopic (exact) mass is 394 g/mol. The molecule has 0 spiro atoms. The third-order valence-corrected chi connectivity index (χ3v) is 4.34. The van der Waals surface area contributed by atoms with Crippen LogP contribution in [0.1, 0.15) is 32.1 Å². The highest BCUT2D eigenvalue weighted by Gasteiger charge is 2.23. The van der Waals surface area contributed by atoms with Gasteiger partial charge in [-0.05, 0) is 32.0 Å². The van der Waals surface area contributed by atoms with Crippen LogP contribution >= 0.6 is 11.6 Å². The molecule has 2 aromatic rings. The highest BCUT2D eigenvalue weighted by Crippen LogP contribution is 2.24. The molecule has 0 saturated heterocycles. The second-order valence-electron chi connectivity index (χ2n) is 5.85. The van der Waals surface area contributed by atoms with E-state index in [1.807, 2.05) is 11.5 Å². The van der Waals surface area contributed by atoms with Gasteiger partial charge in [-0.15, -0.1) is 0 Å². The Kier molecular flexibility index (Phi) is 6.70. The van der Waals surface area contributed by atoms with Crippen molar-refractivity contribution in [2.24, 2.45) is 0 Å². The van der Waals surface area contributed by atoms with E-state index in [0.29, 0.717) is 18.7 Å². The van der Waals surface area contributed by atoms with Gasteiger partial charge in [0.05, 0.1) is 11.5 Å². The van der Waals surface area contributed by atoms with Gasteiger partial charge in [-0.25, -0.2) is 4.79 Å². The van der Waals surface area contributed by atoms with Gasteiger partial charge in [0.25, 0.3) is 5.69 Å². The summed E-state index contributed by atoms with van der Waals surface area (Å²) in [6.07, 6.45) is 0. The van der Waals surface area contributed by atoms with Crippen LogP contribution < -0.4 is 0 Å². The van der Waals surface area contributed by atoms with Crippen LogP contribution in [0.5, 0.6) is 0 Å². The molecule has 0 bridgehead atoms. The average molecular weight is 395 g/mol. The Labute approximate surface area is 160 Å². The van der Waals surface area contributed by atoms with E-state index in [4.69, 9.17) is 21.1 Å².